The molecule has 0 N–H and O–H groups in total. The first kappa shape index (κ1) is 16.1. The van der Waals surface area contributed by atoms with E-state index >= 15 is 0 Å². The van der Waals surface area contributed by atoms with Crippen molar-refractivity contribution in [3.05, 3.63) is 10.4 Å². The van der Waals surface area contributed by atoms with Crippen LogP contribution in [0.15, 0.2) is 0 Å². The molecule has 0 aliphatic heterocycles. The van der Waals surface area contributed by atoms with E-state index in [0.29, 0.717) is 0 Å². The van der Waals surface area contributed by atoms with E-state index in [4.69, 9.17) is 9.68 Å². The maximum atomic E-state index is 11.2. The van der Waals surface area contributed by atoms with Crippen molar-refractivity contribution in [2.24, 2.45) is 0 Å². The van der Waals surface area contributed by atoms with E-state index in [1.165, 1.54) is 0 Å². The molecule has 0 spiro atoms. The summed E-state index contributed by atoms with van der Waals surface area (Å²) >= 11 is 0. The van der Waals surface area contributed by atoms with E-state index in [1.807, 2.05) is 0 Å². The number of nitrogens with zero attached hydrogens (tertiary/aromatic N) is 2. The molecule has 2 fully saturated rings. The van der Waals surface area contributed by atoms with Gasteiger partial charge in [0.1, 0.15) is 0 Å². The Morgan fingerprint density at radius 3 is 1.30 bits per heavy atom. The molecule has 0 radical (unpaired) electrons. The molecule has 2 rings (SSSR count). The Kier molecular flexibility index (Phi) is 7.11. The molecule has 2 aliphatic rings. The Labute approximate surface area is 118 Å². The average molecular weight is 290 g/mol. The first-order valence-electron chi connectivity index (χ1n) is 7.37. The fourth-order valence-corrected chi connectivity index (χ4v) is 2.67. The molecule has 0 aromatic rings. The van der Waals surface area contributed by atoms with Gasteiger partial charge in [-0.25, -0.2) is 0 Å². The predicted molar refractivity (Wildman–Crippen MR) is 68.5 cm³/mol. The highest BCUT2D eigenvalue weighted by Gasteiger charge is 2.17. The van der Waals surface area contributed by atoms with Crippen molar-refractivity contribution in [3.63, 3.8) is 0 Å². The normalized spacial score (nSPS) is 22.8. The van der Waals surface area contributed by atoms with Gasteiger partial charge in [0, 0.05) is 0 Å². The van der Waals surface area contributed by atoms with E-state index in [2.05, 4.69) is 9.98 Å². The van der Waals surface area contributed by atoms with Crippen LogP contribution in [0, 0.1) is 10.4 Å². The van der Waals surface area contributed by atoms with Crippen LogP contribution in [0.2, 0.25) is 0 Å². The van der Waals surface area contributed by atoms with Crippen molar-refractivity contribution in [1.29, 1.82) is 0 Å². The van der Waals surface area contributed by atoms with Gasteiger partial charge in [-0.2, -0.15) is 0 Å². The number of rotatable bonds is 7. The summed E-state index contributed by atoms with van der Waals surface area (Å²) in [6, 6.07) is 0. The van der Waals surface area contributed by atoms with E-state index in [-0.39, 0.29) is 23.0 Å². The third kappa shape index (κ3) is 5.98. The lowest BCUT2D eigenvalue weighted by molar-refractivity contribution is -0.610. The molecule has 0 aromatic carbocycles. The Balaban J connectivity index is 1.55. The molecule has 2 aliphatic carbocycles. The summed E-state index contributed by atoms with van der Waals surface area (Å²) < 4.78 is 0. The average Bonchev–Trinajstić information content (AvgIpc) is 2.47. The van der Waals surface area contributed by atoms with Gasteiger partial charge in [0.15, 0.2) is 0 Å². The van der Waals surface area contributed by atoms with Gasteiger partial charge in [-0.15, -0.1) is 9.98 Å². The van der Waals surface area contributed by atoms with E-state index in [0.717, 1.165) is 64.2 Å². The molecule has 0 bridgehead atoms. The lowest BCUT2D eigenvalue weighted by Gasteiger charge is -2.34. The van der Waals surface area contributed by atoms with Crippen molar-refractivity contribution in [2.75, 3.05) is 0 Å². The Hall–Kier alpha value is -0.320. The molecule has 0 atom stereocenters. The minimum atomic E-state index is -0.177. The zero-order valence-corrected chi connectivity index (χ0v) is 11.6. The number of hydrogen-bond acceptors (Lipinski definition) is 8. The lowest BCUT2D eigenvalue weighted by Crippen LogP contribution is -2.32. The zero-order valence-electron chi connectivity index (χ0n) is 11.6. The van der Waals surface area contributed by atoms with Crippen molar-refractivity contribution in [2.45, 2.75) is 76.4 Å². The highest BCUT2D eigenvalue weighted by molar-refractivity contribution is 4.64. The van der Waals surface area contributed by atoms with Gasteiger partial charge in [-0.05, 0) is 25.7 Å². The molecule has 2 saturated carbocycles. The van der Waals surface area contributed by atoms with Gasteiger partial charge in [0.2, 0.25) is 0 Å². The molecule has 8 nitrogen and oxygen atoms in total. The van der Waals surface area contributed by atoms with Crippen LogP contribution in [0.3, 0.4) is 0 Å². The summed E-state index contributed by atoms with van der Waals surface area (Å²) in [5.41, 5.74) is 0. The fraction of sp³-hybridized carbons (Fsp3) is 1.00. The summed E-state index contributed by atoms with van der Waals surface area (Å²) in [5, 5.41) is 22.1. The van der Waals surface area contributed by atoms with Crippen molar-refractivity contribution >= 4 is 0 Å². The molecular formula is C12H22N2O6-2. The maximum absolute atomic E-state index is 11.2. The Bertz CT molecular complexity index is 232. The predicted octanol–water partition coefficient (Wildman–Crippen LogP) is 2.89. The quantitative estimate of drug-likeness (QED) is 0.522. The molecular weight excluding hydrogens is 268 g/mol. The van der Waals surface area contributed by atoms with E-state index in [1.54, 1.807) is 0 Å². The Morgan fingerprint density at radius 1 is 0.600 bits per heavy atom. The molecule has 8 heteroatoms. The van der Waals surface area contributed by atoms with E-state index in [9.17, 15) is 10.4 Å². The second kappa shape index (κ2) is 8.85. The van der Waals surface area contributed by atoms with Crippen LogP contribution in [0.1, 0.15) is 64.2 Å². The second-order valence-corrected chi connectivity index (χ2v) is 5.33. The molecule has 0 amide bonds. The van der Waals surface area contributed by atoms with Crippen molar-refractivity contribution < 1.29 is 19.7 Å². The topological polar surface area (TPSA) is 89.5 Å². The molecule has 0 saturated heterocycles. The van der Waals surface area contributed by atoms with Crippen LogP contribution in [-0.2, 0) is 19.7 Å². The minimum absolute atomic E-state index is 0.175. The molecule has 0 aromatic heterocycles. The van der Waals surface area contributed by atoms with Crippen LogP contribution in [0.5, 0.6) is 0 Å². The third-order valence-electron chi connectivity index (χ3n) is 3.73. The fourth-order valence-electron chi connectivity index (χ4n) is 2.67. The minimum Gasteiger partial charge on any atom is -0.735 e. The summed E-state index contributed by atoms with van der Waals surface area (Å²) in [6.07, 6.45) is 9.28. The first-order chi connectivity index (χ1) is 9.74. The molecule has 0 unspecified atom stereocenters. The van der Waals surface area contributed by atoms with Crippen molar-refractivity contribution in [1.82, 2.24) is 10.8 Å². The van der Waals surface area contributed by atoms with Gasteiger partial charge < -0.3 is 10.4 Å². The second-order valence-electron chi connectivity index (χ2n) is 5.33. The largest absolute Gasteiger partial charge is 0.735 e. The van der Waals surface area contributed by atoms with Crippen LogP contribution in [0.25, 0.3) is 0 Å². The highest BCUT2D eigenvalue weighted by Crippen LogP contribution is 2.22. The molecule has 20 heavy (non-hydrogen) atoms. The van der Waals surface area contributed by atoms with Crippen LogP contribution in [0.4, 0.5) is 0 Å². The van der Waals surface area contributed by atoms with Gasteiger partial charge in [-0.3, -0.25) is 9.68 Å². The SMILES string of the molecule is [O-]N(OON([O-])OC1CCCCC1)OC1CCCCC1. The summed E-state index contributed by atoms with van der Waals surface area (Å²) in [5.74, 6) is 0. The standard InChI is InChI=1S/C12H22N2O6/c15-13(17-11-7-3-1-4-8-11)19-20-14(16)18-12-9-5-2-6-10-12/h11-12H,1-10H2/q-2. The van der Waals surface area contributed by atoms with Crippen LogP contribution in [-0.4, -0.2) is 23.0 Å². The summed E-state index contributed by atoms with van der Waals surface area (Å²) in [7, 11) is 0. The van der Waals surface area contributed by atoms with Gasteiger partial charge in [0.25, 0.3) is 0 Å². The zero-order chi connectivity index (χ0) is 14.2. The smallest absolute Gasteiger partial charge is 0.0809 e. The Morgan fingerprint density at radius 2 is 0.950 bits per heavy atom. The molecule has 0 heterocycles. The van der Waals surface area contributed by atoms with Crippen molar-refractivity contribution in [3.8, 4) is 0 Å². The summed E-state index contributed by atoms with van der Waals surface area (Å²) in [6.45, 7) is 0. The van der Waals surface area contributed by atoms with Gasteiger partial charge in [-0.1, -0.05) is 49.3 Å². The monoisotopic (exact) mass is 290 g/mol. The highest BCUT2D eigenvalue weighted by atomic mass is 17.5. The van der Waals surface area contributed by atoms with Gasteiger partial charge >= 0.3 is 0 Å². The lowest BCUT2D eigenvalue weighted by atomic mass is 9.98. The van der Waals surface area contributed by atoms with Gasteiger partial charge in [0.05, 0.1) is 12.2 Å². The van der Waals surface area contributed by atoms with E-state index < -0.39 is 0 Å². The third-order valence-corrected chi connectivity index (χ3v) is 3.73. The maximum Gasteiger partial charge on any atom is 0.0809 e. The van der Waals surface area contributed by atoms with Crippen LogP contribution < -0.4 is 0 Å². The van der Waals surface area contributed by atoms with Crippen LogP contribution >= 0.6 is 0 Å². The first-order valence-corrected chi connectivity index (χ1v) is 7.37. The number of hydrogen-bond donors (Lipinski definition) is 0. The summed E-state index contributed by atoms with van der Waals surface area (Å²) in [4.78, 5) is 18.3. The molecule has 118 valence electrons.